The van der Waals surface area contributed by atoms with E-state index in [4.69, 9.17) is 12.2 Å². The van der Waals surface area contributed by atoms with Crippen molar-refractivity contribution < 1.29 is 4.79 Å². The Hall–Kier alpha value is -1.99. The lowest BCUT2D eigenvalue weighted by Crippen LogP contribution is -2.52. The summed E-state index contributed by atoms with van der Waals surface area (Å²) in [4.78, 5) is 16.5. The zero-order chi connectivity index (χ0) is 17.0. The van der Waals surface area contributed by atoms with Crippen LogP contribution in [0.4, 0.5) is 0 Å². The molecule has 0 bridgehead atoms. The highest BCUT2D eigenvalue weighted by molar-refractivity contribution is 7.80. The van der Waals surface area contributed by atoms with Crippen LogP contribution in [0.15, 0.2) is 29.6 Å². The van der Waals surface area contributed by atoms with Gasteiger partial charge in [-0.2, -0.15) is 0 Å². The van der Waals surface area contributed by atoms with E-state index in [1.165, 1.54) is 0 Å². The van der Waals surface area contributed by atoms with Gasteiger partial charge in [-0.1, -0.05) is 12.1 Å². The summed E-state index contributed by atoms with van der Waals surface area (Å²) in [6, 6.07) is 7.30. The fourth-order valence-corrected chi connectivity index (χ4v) is 2.83. The molecule has 122 valence electrons. The molecule has 2 aromatic rings. The number of carbonyl (C=O) groups excluding carboxylic acids is 1. The third kappa shape index (κ3) is 5.30. The average molecular weight is 348 g/mol. The van der Waals surface area contributed by atoms with E-state index in [0.717, 1.165) is 16.3 Å². The lowest BCUT2D eigenvalue weighted by atomic mass is 10.1. The van der Waals surface area contributed by atoms with Gasteiger partial charge in [-0.05, 0) is 52.0 Å². The lowest BCUT2D eigenvalue weighted by molar-refractivity contribution is 0.0943. The number of thiocarbonyl (C=S) groups is 1. The number of hydrogen-bond acceptors (Lipinski definition) is 4. The zero-order valence-corrected chi connectivity index (χ0v) is 15.2. The maximum absolute atomic E-state index is 12.1. The third-order valence-electron chi connectivity index (χ3n) is 2.84. The number of nitrogens with one attached hydrogen (secondary N) is 3. The van der Waals surface area contributed by atoms with Crippen LogP contribution in [0.5, 0.6) is 0 Å². The van der Waals surface area contributed by atoms with Crippen LogP contribution in [-0.2, 0) is 0 Å². The van der Waals surface area contributed by atoms with E-state index in [-0.39, 0.29) is 11.4 Å². The number of nitrogens with zero attached hydrogens (tertiary/aromatic N) is 1. The van der Waals surface area contributed by atoms with Crippen molar-refractivity contribution >= 4 is 34.6 Å². The fraction of sp³-hybridized carbons (Fsp3) is 0.312. The summed E-state index contributed by atoms with van der Waals surface area (Å²) in [5, 5.41) is 6.45. The molecule has 0 atom stereocenters. The molecule has 0 aliphatic heterocycles. The Labute approximate surface area is 145 Å². The Kier molecular flexibility index (Phi) is 5.33. The van der Waals surface area contributed by atoms with E-state index < -0.39 is 0 Å². The Morgan fingerprint density at radius 1 is 1.17 bits per heavy atom. The number of hydrazine groups is 1. The summed E-state index contributed by atoms with van der Waals surface area (Å²) in [6.45, 7) is 7.93. The number of aryl methyl sites for hydroxylation is 1. The summed E-state index contributed by atoms with van der Waals surface area (Å²) < 4.78 is 0. The van der Waals surface area contributed by atoms with Gasteiger partial charge >= 0.3 is 0 Å². The molecule has 2 rings (SSSR count). The van der Waals surface area contributed by atoms with Crippen LogP contribution in [0.1, 0.15) is 36.1 Å². The number of thiazole rings is 1. The first-order chi connectivity index (χ1) is 10.7. The van der Waals surface area contributed by atoms with Gasteiger partial charge in [0.1, 0.15) is 0 Å². The maximum atomic E-state index is 12.1. The maximum Gasteiger partial charge on any atom is 0.269 e. The molecular weight excluding hydrogens is 328 g/mol. The molecule has 5 nitrogen and oxygen atoms in total. The Morgan fingerprint density at radius 2 is 1.83 bits per heavy atom. The molecule has 0 saturated carbocycles. The van der Waals surface area contributed by atoms with E-state index in [2.05, 4.69) is 21.2 Å². The number of carbonyl (C=O) groups is 1. The van der Waals surface area contributed by atoms with Crippen LogP contribution in [0.2, 0.25) is 0 Å². The van der Waals surface area contributed by atoms with Crippen LogP contribution in [0.3, 0.4) is 0 Å². The van der Waals surface area contributed by atoms with Crippen LogP contribution >= 0.6 is 23.6 Å². The molecule has 0 aliphatic rings. The van der Waals surface area contributed by atoms with Crippen molar-refractivity contribution in [2.75, 3.05) is 0 Å². The molecule has 23 heavy (non-hydrogen) atoms. The number of benzene rings is 1. The second-order valence-electron chi connectivity index (χ2n) is 6.11. The minimum atomic E-state index is -0.246. The fourth-order valence-electron chi connectivity index (χ4n) is 1.85. The highest BCUT2D eigenvalue weighted by Crippen LogP contribution is 2.21. The largest absolute Gasteiger partial charge is 0.357 e. The van der Waals surface area contributed by atoms with E-state index >= 15 is 0 Å². The molecule has 0 spiro atoms. The van der Waals surface area contributed by atoms with Crippen LogP contribution in [0.25, 0.3) is 11.3 Å². The second-order valence-corrected chi connectivity index (χ2v) is 7.58. The van der Waals surface area contributed by atoms with E-state index in [0.29, 0.717) is 10.7 Å². The molecule has 0 fully saturated rings. The van der Waals surface area contributed by atoms with Crippen LogP contribution < -0.4 is 16.2 Å². The van der Waals surface area contributed by atoms with Crippen molar-refractivity contribution in [2.45, 2.75) is 33.2 Å². The van der Waals surface area contributed by atoms with Gasteiger partial charge in [0.05, 0.1) is 10.7 Å². The summed E-state index contributed by atoms with van der Waals surface area (Å²) in [6.07, 6.45) is 0. The number of rotatable bonds is 2. The lowest BCUT2D eigenvalue weighted by Gasteiger charge is -2.23. The highest BCUT2D eigenvalue weighted by atomic mass is 32.1. The molecule has 7 heteroatoms. The summed E-state index contributed by atoms with van der Waals surface area (Å²) >= 11 is 6.72. The van der Waals surface area contributed by atoms with Crippen molar-refractivity contribution in [3.05, 3.63) is 40.2 Å². The summed E-state index contributed by atoms with van der Waals surface area (Å²) in [5.74, 6) is -0.246. The van der Waals surface area contributed by atoms with Gasteiger partial charge in [-0.25, -0.2) is 4.98 Å². The zero-order valence-electron chi connectivity index (χ0n) is 13.6. The van der Waals surface area contributed by atoms with E-state index in [1.807, 2.05) is 45.2 Å². The Balaban J connectivity index is 1.94. The predicted octanol–water partition coefficient (Wildman–Crippen LogP) is 3.03. The number of hydrogen-bond donors (Lipinski definition) is 3. The first-order valence-electron chi connectivity index (χ1n) is 7.16. The molecule has 1 aromatic carbocycles. The van der Waals surface area contributed by atoms with Gasteiger partial charge in [0, 0.05) is 22.0 Å². The van der Waals surface area contributed by atoms with Crippen LogP contribution in [0, 0.1) is 6.92 Å². The van der Waals surface area contributed by atoms with E-state index in [9.17, 15) is 4.79 Å². The monoisotopic (exact) mass is 348 g/mol. The summed E-state index contributed by atoms with van der Waals surface area (Å²) in [5.41, 5.74) is 7.57. The Bertz CT molecular complexity index is 702. The molecular formula is C16H20N4OS2. The number of amides is 1. The van der Waals surface area contributed by atoms with Crippen molar-refractivity contribution in [3.8, 4) is 11.3 Å². The van der Waals surface area contributed by atoms with Gasteiger partial charge in [0.25, 0.3) is 5.91 Å². The van der Waals surface area contributed by atoms with Gasteiger partial charge in [-0.15, -0.1) is 11.3 Å². The number of aromatic nitrogens is 1. The molecule has 3 N–H and O–H groups in total. The van der Waals surface area contributed by atoms with Gasteiger partial charge < -0.3 is 5.32 Å². The average Bonchev–Trinajstić information content (AvgIpc) is 2.90. The van der Waals surface area contributed by atoms with Gasteiger partial charge in [0.15, 0.2) is 5.11 Å². The molecule has 1 amide bonds. The molecule has 0 aliphatic carbocycles. The quantitative estimate of drug-likeness (QED) is 0.575. The van der Waals surface area contributed by atoms with Gasteiger partial charge in [0.2, 0.25) is 0 Å². The predicted molar refractivity (Wildman–Crippen MR) is 98.4 cm³/mol. The topological polar surface area (TPSA) is 66.0 Å². The van der Waals surface area contributed by atoms with Crippen LogP contribution in [-0.4, -0.2) is 21.5 Å². The standard InChI is InChI=1S/C16H20N4OS2/c1-10-17-13(9-23-10)11-5-7-12(8-6-11)14(21)19-20-15(22)18-16(2,3)4/h5-9H,1-4H3,(H,19,21)(H2,18,20,22). The molecule has 0 unspecified atom stereocenters. The first-order valence-corrected chi connectivity index (χ1v) is 8.44. The van der Waals surface area contributed by atoms with Crippen molar-refractivity contribution in [2.24, 2.45) is 0 Å². The van der Waals surface area contributed by atoms with Crippen molar-refractivity contribution in [1.82, 2.24) is 21.2 Å². The highest BCUT2D eigenvalue weighted by Gasteiger charge is 2.12. The van der Waals surface area contributed by atoms with E-state index in [1.54, 1.807) is 23.5 Å². The van der Waals surface area contributed by atoms with Crippen molar-refractivity contribution in [1.29, 1.82) is 0 Å². The second kappa shape index (κ2) is 7.06. The Morgan fingerprint density at radius 3 is 2.35 bits per heavy atom. The smallest absolute Gasteiger partial charge is 0.269 e. The van der Waals surface area contributed by atoms with Crippen molar-refractivity contribution in [3.63, 3.8) is 0 Å². The molecule has 0 radical (unpaired) electrons. The minimum absolute atomic E-state index is 0.165. The molecule has 1 heterocycles. The summed E-state index contributed by atoms with van der Waals surface area (Å²) in [7, 11) is 0. The minimum Gasteiger partial charge on any atom is -0.357 e. The molecule has 1 aromatic heterocycles. The normalized spacial score (nSPS) is 11.0. The van der Waals surface area contributed by atoms with Gasteiger partial charge in [-0.3, -0.25) is 15.6 Å². The first kappa shape index (κ1) is 17.4. The molecule has 0 saturated heterocycles. The SMILES string of the molecule is Cc1nc(-c2ccc(C(=O)NNC(=S)NC(C)(C)C)cc2)cs1. The third-order valence-corrected chi connectivity index (χ3v) is 3.82.